The van der Waals surface area contributed by atoms with Gasteiger partial charge in [0.25, 0.3) is 0 Å². The second kappa shape index (κ2) is 7.10. The number of oxazole rings is 1. The van der Waals surface area contributed by atoms with Crippen molar-refractivity contribution in [1.82, 2.24) is 29.9 Å². The normalized spacial score (nSPS) is 10.9. The van der Waals surface area contributed by atoms with Crippen molar-refractivity contribution in [2.24, 2.45) is 0 Å². The molecule has 0 amide bonds. The Kier molecular flexibility index (Phi) is 4.15. The molecule has 0 atom stereocenters. The zero-order valence-corrected chi connectivity index (χ0v) is 15.6. The topological polar surface area (TPSA) is 132 Å². The number of pyridine rings is 2. The molecule has 0 aliphatic heterocycles. The van der Waals surface area contributed by atoms with Crippen LogP contribution in [0.1, 0.15) is 11.3 Å². The first-order valence-corrected chi connectivity index (χ1v) is 9.06. The smallest absolute Gasteiger partial charge is 0.181 e. The van der Waals surface area contributed by atoms with Gasteiger partial charge in [0.2, 0.25) is 0 Å². The van der Waals surface area contributed by atoms with Gasteiger partial charge in [-0.3, -0.25) is 4.98 Å². The van der Waals surface area contributed by atoms with Gasteiger partial charge in [-0.05, 0) is 24.3 Å². The fraction of sp³-hybridized carbons (Fsp3) is 0.0476. The van der Waals surface area contributed by atoms with Crippen LogP contribution in [0.25, 0.3) is 33.6 Å². The van der Waals surface area contributed by atoms with Crippen molar-refractivity contribution >= 4 is 16.9 Å². The van der Waals surface area contributed by atoms with E-state index in [9.17, 15) is 5.26 Å². The molecule has 5 aromatic rings. The van der Waals surface area contributed by atoms with Crippen molar-refractivity contribution in [3.8, 4) is 28.7 Å². The van der Waals surface area contributed by atoms with Crippen LogP contribution in [0.4, 0.5) is 5.82 Å². The highest BCUT2D eigenvalue weighted by atomic mass is 16.3. The summed E-state index contributed by atoms with van der Waals surface area (Å²) in [6.07, 6.45) is 4.64. The van der Waals surface area contributed by atoms with Gasteiger partial charge in [0.15, 0.2) is 23.5 Å². The third kappa shape index (κ3) is 3.02. The number of aromatic nitrogens is 6. The summed E-state index contributed by atoms with van der Waals surface area (Å²) < 4.78 is 5.57. The molecule has 0 unspecified atom stereocenters. The first-order valence-electron chi connectivity index (χ1n) is 9.06. The predicted molar refractivity (Wildman–Crippen MR) is 109 cm³/mol. The minimum Gasteiger partial charge on any atom is -0.443 e. The highest BCUT2D eigenvalue weighted by molar-refractivity contribution is 6.01. The fourth-order valence-electron chi connectivity index (χ4n) is 3.26. The number of rotatable bonds is 4. The number of hydrogen-bond donors (Lipinski definition) is 1. The van der Waals surface area contributed by atoms with Crippen LogP contribution >= 0.6 is 0 Å². The van der Waals surface area contributed by atoms with Gasteiger partial charge in [-0.15, -0.1) is 5.10 Å². The van der Waals surface area contributed by atoms with E-state index in [-0.39, 0.29) is 5.82 Å². The summed E-state index contributed by atoms with van der Waals surface area (Å²) in [6.45, 7) is 0.379. The molecule has 0 aliphatic carbocycles. The third-order valence-corrected chi connectivity index (χ3v) is 4.58. The van der Waals surface area contributed by atoms with Crippen LogP contribution in [0.2, 0.25) is 0 Å². The van der Waals surface area contributed by atoms with Gasteiger partial charge in [-0.2, -0.15) is 15.2 Å². The summed E-state index contributed by atoms with van der Waals surface area (Å²) in [5.74, 6) is 0.715. The van der Waals surface area contributed by atoms with Crippen LogP contribution < -0.4 is 5.73 Å². The van der Waals surface area contributed by atoms with Gasteiger partial charge in [-0.1, -0.05) is 18.2 Å². The van der Waals surface area contributed by atoms with E-state index < -0.39 is 0 Å². The first kappa shape index (κ1) is 17.5. The van der Waals surface area contributed by atoms with Crippen molar-refractivity contribution in [3.05, 3.63) is 72.5 Å². The Balaban J connectivity index is 1.74. The number of hydrogen-bond acceptors (Lipinski definition) is 8. The van der Waals surface area contributed by atoms with Crippen molar-refractivity contribution in [3.63, 3.8) is 0 Å². The first-order chi connectivity index (χ1) is 14.7. The molecule has 5 rings (SSSR count). The average molecular weight is 394 g/mol. The number of nitrogens with zero attached hydrogens (tertiary/aromatic N) is 7. The molecule has 4 heterocycles. The summed E-state index contributed by atoms with van der Waals surface area (Å²) in [5, 5.41) is 18.4. The SMILES string of the molecule is N#Cc1cccc(-c2nc(N)c3nn(Cc4ccccn4)nc3c2-c2cnco2)c1. The molecule has 0 saturated heterocycles. The molecule has 4 aromatic heterocycles. The second-order valence-corrected chi connectivity index (χ2v) is 6.53. The molecule has 0 fully saturated rings. The van der Waals surface area contributed by atoms with Gasteiger partial charge < -0.3 is 10.2 Å². The fourth-order valence-corrected chi connectivity index (χ4v) is 3.26. The highest BCUT2D eigenvalue weighted by Gasteiger charge is 2.22. The van der Waals surface area contributed by atoms with Crippen molar-refractivity contribution in [2.75, 3.05) is 5.73 Å². The molecule has 1 aromatic carbocycles. The maximum Gasteiger partial charge on any atom is 0.181 e. The van der Waals surface area contributed by atoms with Crippen molar-refractivity contribution < 1.29 is 4.42 Å². The largest absolute Gasteiger partial charge is 0.443 e. The Morgan fingerprint density at radius 2 is 2.00 bits per heavy atom. The van der Waals surface area contributed by atoms with Gasteiger partial charge in [0.05, 0.1) is 34.8 Å². The van der Waals surface area contributed by atoms with E-state index in [2.05, 4.69) is 31.2 Å². The maximum atomic E-state index is 9.28. The van der Waals surface area contributed by atoms with Crippen molar-refractivity contribution in [2.45, 2.75) is 6.54 Å². The van der Waals surface area contributed by atoms with E-state index in [0.717, 1.165) is 5.69 Å². The summed E-state index contributed by atoms with van der Waals surface area (Å²) in [4.78, 5) is 14.4. The van der Waals surface area contributed by atoms with Crippen LogP contribution in [-0.4, -0.2) is 29.9 Å². The van der Waals surface area contributed by atoms with E-state index in [0.29, 0.717) is 45.7 Å². The second-order valence-electron chi connectivity index (χ2n) is 6.53. The van der Waals surface area contributed by atoms with E-state index in [1.165, 1.54) is 11.2 Å². The summed E-state index contributed by atoms with van der Waals surface area (Å²) in [6, 6.07) is 14.9. The molecule has 0 aliphatic rings. The monoisotopic (exact) mass is 394 g/mol. The van der Waals surface area contributed by atoms with Crippen molar-refractivity contribution in [1.29, 1.82) is 5.26 Å². The molecule has 144 valence electrons. The molecule has 0 radical (unpaired) electrons. The lowest BCUT2D eigenvalue weighted by Crippen LogP contribution is -2.05. The molecule has 0 bridgehead atoms. The highest BCUT2D eigenvalue weighted by Crippen LogP contribution is 2.37. The van der Waals surface area contributed by atoms with Gasteiger partial charge >= 0.3 is 0 Å². The van der Waals surface area contributed by atoms with Crippen LogP contribution in [0.15, 0.2) is 65.7 Å². The third-order valence-electron chi connectivity index (χ3n) is 4.58. The quantitative estimate of drug-likeness (QED) is 0.492. The Morgan fingerprint density at radius 1 is 1.10 bits per heavy atom. The Morgan fingerprint density at radius 3 is 2.77 bits per heavy atom. The average Bonchev–Trinajstić information content (AvgIpc) is 3.45. The lowest BCUT2D eigenvalue weighted by molar-refractivity contribution is 0.571. The molecule has 9 heteroatoms. The minimum absolute atomic E-state index is 0.234. The number of benzene rings is 1. The van der Waals surface area contributed by atoms with E-state index >= 15 is 0 Å². The lowest BCUT2D eigenvalue weighted by Gasteiger charge is -2.09. The number of nitrogens with two attached hydrogens (primary N) is 1. The molecule has 2 N–H and O–H groups in total. The number of fused-ring (bicyclic) bond motifs is 1. The zero-order valence-electron chi connectivity index (χ0n) is 15.6. The Labute approximate surface area is 170 Å². The Hall–Kier alpha value is -4.58. The van der Waals surface area contributed by atoms with Crippen LogP contribution in [-0.2, 0) is 6.54 Å². The molecule has 30 heavy (non-hydrogen) atoms. The summed E-state index contributed by atoms with van der Waals surface area (Å²) >= 11 is 0. The zero-order chi connectivity index (χ0) is 20.5. The molecule has 0 saturated carbocycles. The van der Waals surface area contributed by atoms with Crippen LogP contribution in [0.5, 0.6) is 0 Å². The number of nitrogen functional groups attached to an aromatic ring is 1. The van der Waals surface area contributed by atoms with Crippen LogP contribution in [0, 0.1) is 11.3 Å². The molecule has 0 spiro atoms. The van der Waals surface area contributed by atoms with Gasteiger partial charge in [-0.25, -0.2) is 9.97 Å². The minimum atomic E-state index is 0.234. The molecular weight excluding hydrogens is 380 g/mol. The Bertz CT molecular complexity index is 1380. The lowest BCUT2D eigenvalue weighted by atomic mass is 10.0. The van der Waals surface area contributed by atoms with Gasteiger partial charge in [0.1, 0.15) is 12.1 Å². The standard InChI is InChI=1S/C21H14N8O/c22-9-13-4-3-5-14(8-13)18-17(16-10-24-12-30-16)19-20(21(23)26-18)28-29(27-19)11-15-6-1-2-7-25-15/h1-8,10,12H,11H2,(H2,23,26). The van der Waals surface area contributed by atoms with E-state index in [4.69, 9.17) is 10.2 Å². The molecular formula is C21H14N8O. The maximum absolute atomic E-state index is 9.28. The van der Waals surface area contributed by atoms with E-state index in [1.54, 1.807) is 30.6 Å². The van der Waals surface area contributed by atoms with Gasteiger partial charge in [0, 0.05) is 11.8 Å². The van der Waals surface area contributed by atoms with E-state index in [1.807, 2.05) is 24.3 Å². The molecule has 9 nitrogen and oxygen atoms in total. The summed E-state index contributed by atoms with van der Waals surface area (Å²) in [7, 11) is 0. The number of nitriles is 1. The van der Waals surface area contributed by atoms with Crippen LogP contribution in [0.3, 0.4) is 0 Å². The predicted octanol–water partition coefficient (Wildman–Crippen LogP) is 3.05. The number of anilines is 1. The summed E-state index contributed by atoms with van der Waals surface area (Å²) in [5.41, 5.74) is 10.4.